The van der Waals surface area contributed by atoms with Crippen molar-refractivity contribution in [1.29, 1.82) is 0 Å². The Morgan fingerprint density at radius 3 is 2.49 bits per heavy atom. The van der Waals surface area contributed by atoms with E-state index < -0.39 is 24.6 Å². The third-order valence-electron chi connectivity index (χ3n) is 6.14. The standard InChI is InChI=1S/C26H26N2O7/c1-16-14-20(17(2)28(16)19-10-8-18(9-11-19)25(31)33-3)22(29)15-35-26(32)21-6-4-12-27(21)24(30)23-7-5-13-34-23/h5,7-11,13-14,21H,4,6,12,15H2,1-3H3/t21-/m0/s1. The van der Waals surface area contributed by atoms with Gasteiger partial charge in [-0.05, 0) is 69.2 Å². The molecule has 1 amide bonds. The average Bonchev–Trinajstić information content (AvgIpc) is 3.62. The zero-order chi connectivity index (χ0) is 25.1. The number of amides is 1. The summed E-state index contributed by atoms with van der Waals surface area (Å²) in [6.07, 6.45) is 2.53. The smallest absolute Gasteiger partial charge is 0.337 e. The second-order valence-electron chi connectivity index (χ2n) is 8.32. The van der Waals surface area contributed by atoms with E-state index in [-0.39, 0.29) is 17.5 Å². The van der Waals surface area contributed by atoms with E-state index in [1.165, 1.54) is 18.3 Å². The fraction of sp³-hybridized carbons (Fsp3) is 0.308. The molecule has 3 aromatic rings. The number of carbonyl (C=O) groups is 4. The maximum atomic E-state index is 12.9. The van der Waals surface area contributed by atoms with E-state index >= 15 is 0 Å². The molecular formula is C26H26N2O7. The molecule has 2 aromatic heterocycles. The van der Waals surface area contributed by atoms with E-state index in [9.17, 15) is 19.2 Å². The molecule has 0 unspecified atom stereocenters. The first-order valence-electron chi connectivity index (χ1n) is 11.2. The van der Waals surface area contributed by atoms with Gasteiger partial charge in [0.05, 0.1) is 18.9 Å². The van der Waals surface area contributed by atoms with Crippen molar-refractivity contribution < 1.29 is 33.1 Å². The van der Waals surface area contributed by atoms with Crippen molar-refractivity contribution in [3.05, 3.63) is 77.0 Å². The number of esters is 2. The number of carbonyl (C=O) groups excluding carboxylic acids is 4. The number of ketones is 1. The maximum Gasteiger partial charge on any atom is 0.337 e. The first-order chi connectivity index (χ1) is 16.8. The van der Waals surface area contributed by atoms with Crippen LogP contribution in [0.1, 0.15) is 55.5 Å². The molecule has 35 heavy (non-hydrogen) atoms. The summed E-state index contributed by atoms with van der Waals surface area (Å²) in [5.41, 5.74) is 3.14. The fourth-order valence-electron chi connectivity index (χ4n) is 4.41. The number of hydrogen-bond acceptors (Lipinski definition) is 7. The zero-order valence-electron chi connectivity index (χ0n) is 19.8. The Hall–Kier alpha value is -4.14. The minimum absolute atomic E-state index is 0.160. The van der Waals surface area contributed by atoms with Gasteiger partial charge >= 0.3 is 11.9 Å². The molecule has 0 radical (unpaired) electrons. The van der Waals surface area contributed by atoms with Gasteiger partial charge in [0, 0.05) is 29.2 Å². The summed E-state index contributed by atoms with van der Waals surface area (Å²) in [6, 6.07) is 11.0. The summed E-state index contributed by atoms with van der Waals surface area (Å²) >= 11 is 0. The van der Waals surface area contributed by atoms with Crippen LogP contribution in [0.15, 0.2) is 53.1 Å². The Bertz CT molecular complexity index is 1260. The molecule has 1 aliphatic rings. The third kappa shape index (κ3) is 4.75. The van der Waals surface area contributed by atoms with Crippen LogP contribution in [-0.2, 0) is 14.3 Å². The lowest BCUT2D eigenvalue weighted by molar-refractivity contribution is -0.147. The summed E-state index contributed by atoms with van der Waals surface area (Å²) in [7, 11) is 1.32. The van der Waals surface area contributed by atoms with Crippen molar-refractivity contribution in [3.63, 3.8) is 0 Å². The largest absolute Gasteiger partial charge is 0.465 e. The number of ether oxygens (including phenoxy) is 2. The van der Waals surface area contributed by atoms with Crippen LogP contribution in [0.3, 0.4) is 0 Å². The van der Waals surface area contributed by atoms with Crippen molar-refractivity contribution >= 4 is 23.6 Å². The summed E-state index contributed by atoms with van der Waals surface area (Å²) in [5, 5.41) is 0. The summed E-state index contributed by atoms with van der Waals surface area (Å²) in [6.45, 7) is 3.66. The van der Waals surface area contributed by atoms with Crippen LogP contribution in [0.5, 0.6) is 0 Å². The lowest BCUT2D eigenvalue weighted by atomic mass is 10.1. The van der Waals surface area contributed by atoms with Crippen LogP contribution in [0, 0.1) is 13.8 Å². The Kier molecular flexibility index (Phi) is 6.86. The Morgan fingerprint density at radius 1 is 1.09 bits per heavy atom. The molecule has 1 fully saturated rings. The Labute approximate surface area is 202 Å². The van der Waals surface area contributed by atoms with Gasteiger partial charge in [0.15, 0.2) is 12.4 Å². The Balaban J connectivity index is 1.43. The average molecular weight is 479 g/mol. The predicted molar refractivity (Wildman–Crippen MR) is 125 cm³/mol. The second-order valence-corrected chi connectivity index (χ2v) is 8.32. The van der Waals surface area contributed by atoms with Gasteiger partial charge in [-0.25, -0.2) is 9.59 Å². The number of hydrogen-bond donors (Lipinski definition) is 0. The van der Waals surface area contributed by atoms with Crippen LogP contribution in [0.4, 0.5) is 0 Å². The lowest BCUT2D eigenvalue weighted by Gasteiger charge is -2.22. The molecule has 1 aromatic carbocycles. The molecule has 9 nitrogen and oxygen atoms in total. The van der Waals surface area contributed by atoms with Gasteiger partial charge in [0.2, 0.25) is 5.78 Å². The molecule has 0 N–H and O–H groups in total. The molecule has 3 heterocycles. The van der Waals surface area contributed by atoms with Crippen molar-refractivity contribution in [3.8, 4) is 5.69 Å². The van der Waals surface area contributed by atoms with E-state index in [1.807, 2.05) is 11.5 Å². The van der Waals surface area contributed by atoms with Gasteiger partial charge in [0.1, 0.15) is 6.04 Å². The molecule has 1 saturated heterocycles. The summed E-state index contributed by atoms with van der Waals surface area (Å²) in [5.74, 6) is -1.59. The molecule has 1 atom stereocenters. The van der Waals surface area contributed by atoms with Crippen molar-refractivity contribution in [2.75, 3.05) is 20.3 Å². The van der Waals surface area contributed by atoms with Crippen LogP contribution < -0.4 is 0 Å². The van der Waals surface area contributed by atoms with E-state index in [1.54, 1.807) is 49.4 Å². The quantitative estimate of drug-likeness (QED) is 0.378. The second kappa shape index (κ2) is 10.0. The molecule has 0 spiro atoms. The summed E-state index contributed by atoms with van der Waals surface area (Å²) in [4.78, 5) is 51.4. The topological polar surface area (TPSA) is 108 Å². The van der Waals surface area contributed by atoms with Gasteiger partial charge < -0.3 is 23.4 Å². The first kappa shape index (κ1) is 24.0. The molecule has 9 heteroatoms. The SMILES string of the molecule is COC(=O)c1ccc(-n2c(C)cc(C(=O)COC(=O)[C@@H]3CCCN3C(=O)c3ccco3)c2C)cc1. The highest BCUT2D eigenvalue weighted by atomic mass is 16.5. The zero-order valence-corrected chi connectivity index (χ0v) is 19.8. The normalized spacial score (nSPS) is 15.2. The highest BCUT2D eigenvalue weighted by Gasteiger charge is 2.37. The number of furan rings is 1. The minimum atomic E-state index is -0.749. The molecule has 0 saturated carbocycles. The Morgan fingerprint density at radius 2 is 1.83 bits per heavy atom. The number of rotatable bonds is 7. The lowest BCUT2D eigenvalue weighted by Crippen LogP contribution is -2.41. The molecular weight excluding hydrogens is 452 g/mol. The van der Waals surface area contributed by atoms with E-state index in [0.29, 0.717) is 36.2 Å². The van der Waals surface area contributed by atoms with Crippen LogP contribution in [0.25, 0.3) is 5.69 Å². The molecule has 0 bridgehead atoms. The van der Waals surface area contributed by atoms with Crippen LogP contribution in [0.2, 0.25) is 0 Å². The van der Waals surface area contributed by atoms with Gasteiger partial charge in [0.25, 0.3) is 5.91 Å². The predicted octanol–water partition coefficient (Wildman–Crippen LogP) is 3.50. The molecule has 0 aliphatic carbocycles. The maximum absolute atomic E-state index is 12.9. The number of aromatic nitrogens is 1. The number of nitrogens with zero attached hydrogens (tertiary/aromatic N) is 2. The molecule has 4 rings (SSSR count). The van der Waals surface area contributed by atoms with Gasteiger partial charge in [-0.1, -0.05) is 0 Å². The van der Waals surface area contributed by atoms with Gasteiger partial charge in [-0.3, -0.25) is 9.59 Å². The first-order valence-corrected chi connectivity index (χ1v) is 11.2. The summed E-state index contributed by atoms with van der Waals surface area (Å²) < 4.78 is 17.1. The van der Waals surface area contributed by atoms with E-state index in [0.717, 1.165) is 11.4 Å². The number of methoxy groups -OCH3 is 1. The fourth-order valence-corrected chi connectivity index (χ4v) is 4.41. The highest BCUT2D eigenvalue weighted by Crippen LogP contribution is 2.24. The van der Waals surface area contributed by atoms with Crippen molar-refractivity contribution in [2.24, 2.45) is 0 Å². The van der Waals surface area contributed by atoms with Crippen molar-refractivity contribution in [2.45, 2.75) is 32.7 Å². The monoisotopic (exact) mass is 478 g/mol. The number of likely N-dealkylation sites (tertiary alicyclic amines) is 1. The van der Waals surface area contributed by atoms with Crippen LogP contribution in [-0.4, -0.2) is 59.4 Å². The third-order valence-corrected chi connectivity index (χ3v) is 6.14. The highest BCUT2D eigenvalue weighted by molar-refractivity contribution is 6.00. The van der Waals surface area contributed by atoms with Crippen LogP contribution >= 0.6 is 0 Å². The van der Waals surface area contributed by atoms with Gasteiger partial charge in [-0.15, -0.1) is 0 Å². The molecule has 1 aliphatic heterocycles. The van der Waals surface area contributed by atoms with Crippen molar-refractivity contribution in [1.82, 2.24) is 9.47 Å². The molecule has 182 valence electrons. The van der Waals surface area contributed by atoms with E-state index in [4.69, 9.17) is 13.9 Å². The van der Waals surface area contributed by atoms with Gasteiger partial charge in [-0.2, -0.15) is 0 Å². The number of aryl methyl sites for hydroxylation is 1. The number of Topliss-reactive ketones (excluding diaryl/α,β-unsaturated/α-hetero) is 1. The number of benzene rings is 1. The van der Waals surface area contributed by atoms with E-state index in [2.05, 4.69) is 0 Å². The minimum Gasteiger partial charge on any atom is -0.465 e.